The van der Waals surface area contributed by atoms with Crippen LogP contribution in [-0.2, 0) is 0 Å². The maximum absolute atomic E-state index is 12.9. The molecule has 0 bridgehead atoms. The van der Waals surface area contributed by atoms with E-state index in [0.717, 1.165) is 29.5 Å². The van der Waals surface area contributed by atoms with Gasteiger partial charge in [-0.05, 0) is 49.2 Å². The van der Waals surface area contributed by atoms with E-state index in [-0.39, 0.29) is 11.7 Å². The highest BCUT2D eigenvalue weighted by Crippen LogP contribution is 2.30. The van der Waals surface area contributed by atoms with Crippen LogP contribution in [0.5, 0.6) is 0 Å². The van der Waals surface area contributed by atoms with Gasteiger partial charge in [0.05, 0.1) is 5.69 Å². The predicted octanol–water partition coefficient (Wildman–Crippen LogP) is 4.80. The molecule has 0 saturated carbocycles. The number of anilines is 2. The van der Waals surface area contributed by atoms with Gasteiger partial charge in [0.15, 0.2) is 5.13 Å². The van der Waals surface area contributed by atoms with E-state index in [4.69, 9.17) is 4.98 Å². The van der Waals surface area contributed by atoms with Gasteiger partial charge in [-0.2, -0.15) is 0 Å². The van der Waals surface area contributed by atoms with Gasteiger partial charge in [-0.3, -0.25) is 4.79 Å². The molecule has 0 spiro atoms. The molecule has 1 aromatic heterocycles. The Kier molecular flexibility index (Phi) is 4.67. The molecule has 6 heteroatoms. The lowest BCUT2D eigenvalue weighted by molar-refractivity contribution is 0.102. The van der Waals surface area contributed by atoms with E-state index in [1.807, 2.05) is 24.3 Å². The van der Waals surface area contributed by atoms with Gasteiger partial charge < -0.3 is 10.2 Å². The van der Waals surface area contributed by atoms with E-state index in [1.165, 1.54) is 37.1 Å². The summed E-state index contributed by atoms with van der Waals surface area (Å²) < 4.78 is 12.9. The highest BCUT2D eigenvalue weighted by molar-refractivity contribution is 7.14. The van der Waals surface area contributed by atoms with Crippen molar-refractivity contribution in [3.8, 4) is 11.3 Å². The SMILES string of the molecule is O=C(Nc1ccc(-c2csc(N3CCCC3)n2)cc1)c1ccc(F)cc1. The number of nitrogens with zero attached hydrogens (tertiary/aromatic N) is 2. The third kappa shape index (κ3) is 3.60. The van der Waals surface area contributed by atoms with Crippen LogP contribution in [0.4, 0.5) is 15.2 Å². The van der Waals surface area contributed by atoms with Crippen LogP contribution in [0.15, 0.2) is 53.9 Å². The highest BCUT2D eigenvalue weighted by Gasteiger charge is 2.16. The van der Waals surface area contributed by atoms with Gasteiger partial charge in [0, 0.05) is 35.3 Å². The number of nitrogens with one attached hydrogen (secondary N) is 1. The van der Waals surface area contributed by atoms with Gasteiger partial charge in [-0.15, -0.1) is 11.3 Å². The van der Waals surface area contributed by atoms with Gasteiger partial charge >= 0.3 is 0 Å². The molecule has 2 heterocycles. The first-order valence-electron chi connectivity index (χ1n) is 8.57. The second kappa shape index (κ2) is 7.25. The average Bonchev–Trinajstić information content (AvgIpc) is 3.34. The number of carbonyl (C=O) groups excluding carboxylic acids is 1. The molecular weight excluding hydrogens is 349 g/mol. The van der Waals surface area contributed by atoms with Crippen LogP contribution in [0.1, 0.15) is 23.2 Å². The number of benzene rings is 2. The Balaban J connectivity index is 1.45. The summed E-state index contributed by atoms with van der Waals surface area (Å²) in [5.41, 5.74) is 3.09. The average molecular weight is 367 g/mol. The van der Waals surface area contributed by atoms with Gasteiger partial charge in [0.2, 0.25) is 0 Å². The van der Waals surface area contributed by atoms with E-state index < -0.39 is 0 Å². The molecule has 26 heavy (non-hydrogen) atoms. The third-order valence-electron chi connectivity index (χ3n) is 4.41. The number of hydrogen-bond donors (Lipinski definition) is 1. The van der Waals surface area contributed by atoms with Gasteiger partial charge in [-0.25, -0.2) is 9.37 Å². The van der Waals surface area contributed by atoms with E-state index in [2.05, 4.69) is 15.6 Å². The van der Waals surface area contributed by atoms with Crippen LogP contribution in [0, 0.1) is 5.82 Å². The number of thiazole rings is 1. The lowest BCUT2D eigenvalue weighted by Gasteiger charge is -2.12. The summed E-state index contributed by atoms with van der Waals surface area (Å²) in [7, 11) is 0. The Labute approximate surface area is 155 Å². The quantitative estimate of drug-likeness (QED) is 0.720. The number of halogens is 1. The zero-order valence-electron chi connectivity index (χ0n) is 14.1. The van der Waals surface area contributed by atoms with Crippen molar-refractivity contribution in [2.45, 2.75) is 12.8 Å². The van der Waals surface area contributed by atoms with Crippen molar-refractivity contribution in [1.29, 1.82) is 0 Å². The molecule has 4 nitrogen and oxygen atoms in total. The summed E-state index contributed by atoms with van der Waals surface area (Å²) in [5, 5.41) is 5.96. The number of rotatable bonds is 4. The first-order chi connectivity index (χ1) is 12.7. The Hall–Kier alpha value is -2.73. The molecule has 4 rings (SSSR count). The van der Waals surface area contributed by atoms with Crippen LogP contribution >= 0.6 is 11.3 Å². The maximum Gasteiger partial charge on any atom is 0.255 e. The molecule has 1 saturated heterocycles. The van der Waals surface area contributed by atoms with Crippen LogP contribution < -0.4 is 10.2 Å². The zero-order chi connectivity index (χ0) is 17.9. The van der Waals surface area contributed by atoms with Crippen molar-refractivity contribution in [3.05, 3.63) is 65.3 Å². The van der Waals surface area contributed by atoms with E-state index in [0.29, 0.717) is 11.3 Å². The van der Waals surface area contributed by atoms with E-state index in [9.17, 15) is 9.18 Å². The van der Waals surface area contributed by atoms with Crippen molar-refractivity contribution >= 4 is 28.1 Å². The Morgan fingerprint density at radius 3 is 2.42 bits per heavy atom. The largest absolute Gasteiger partial charge is 0.348 e. The first-order valence-corrected chi connectivity index (χ1v) is 9.45. The molecule has 1 N–H and O–H groups in total. The fourth-order valence-electron chi connectivity index (χ4n) is 2.98. The second-order valence-electron chi connectivity index (χ2n) is 6.25. The predicted molar refractivity (Wildman–Crippen MR) is 103 cm³/mol. The Bertz CT molecular complexity index is 900. The zero-order valence-corrected chi connectivity index (χ0v) is 14.9. The smallest absolute Gasteiger partial charge is 0.255 e. The third-order valence-corrected chi connectivity index (χ3v) is 5.32. The number of amides is 1. The first kappa shape index (κ1) is 16.7. The van der Waals surface area contributed by atoms with Gasteiger partial charge in [0.25, 0.3) is 5.91 Å². The molecule has 1 fully saturated rings. The maximum atomic E-state index is 12.9. The van der Waals surface area contributed by atoms with Crippen molar-refractivity contribution in [3.63, 3.8) is 0 Å². The molecule has 1 aliphatic heterocycles. The summed E-state index contributed by atoms with van der Waals surface area (Å²) in [5.74, 6) is -0.620. The normalized spacial score (nSPS) is 13.8. The lowest BCUT2D eigenvalue weighted by Crippen LogP contribution is -2.17. The monoisotopic (exact) mass is 367 g/mol. The standard InChI is InChI=1S/C20H18FN3OS/c21-16-7-3-15(4-8-16)19(25)22-17-9-5-14(6-10-17)18-13-26-20(23-18)24-11-1-2-12-24/h3-10,13H,1-2,11-12H2,(H,22,25). The van der Waals surface area contributed by atoms with Crippen LogP contribution in [0.25, 0.3) is 11.3 Å². The van der Waals surface area contributed by atoms with E-state index in [1.54, 1.807) is 11.3 Å². The summed E-state index contributed by atoms with van der Waals surface area (Å²) >= 11 is 1.67. The molecule has 2 aromatic carbocycles. The molecule has 1 aliphatic rings. The Morgan fingerprint density at radius 1 is 1.04 bits per heavy atom. The lowest BCUT2D eigenvalue weighted by atomic mass is 10.1. The second-order valence-corrected chi connectivity index (χ2v) is 7.08. The summed E-state index contributed by atoms with van der Waals surface area (Å²) in [6.07, 6.45) is 2.47. The van der Waals surface area contributed by atoms with Gasteiger partial charge in [-0.1, -0.05) is 12.1 Å². The molecule has 0 atom stereocenters. The van der Waals surface area contributed by atoms with E-state index >= 15 is 0 Å². The van der Waals surface area contributed by atoms with Crippen LogP contribution in [-0.4, -0.2) is 24.0 Å². The van der Waals surface area contributed by atoms with Crippen LogP contribution in [0.3, 0.4) is 0 Å². The fraction of sp³-hybridized carbons (Fsp3) is 0.200. The minimum atomic E-state index is -0.359. The van der Waals surface area contributed by atoms with Crippen molar-refractivity contribution in [2.75, 3.05) is 23.3 Å². The molecule has 132 valence electrons. The summed E-state index contributed by atoms with van der Waals surface area (Å²) in [6.45, 7) is 2.17. The van der Waals surface area contributed by atoms with Crippen molar-refractivity contribution in [1.82, 2.24) is 4.98 Å². The molecule has 0 unspecified atom stereocenters. The number of hydrogen-bond acceptors (Lipinski definition) is 4. The molecule has 3 aromatic rings. The number of aromatic nitrogens is 1. The number of carbonyl (C=O) groups is 1. The molecule has 0 radical (unpaired) electrons. The topological polar surface area (TPSA) is 45.2 Å². The fourth-order valence-corrected chi connectivity index (χ4v) is 3.87. The van der Waals surface area contributed by atoms with Gasteiger partial charge in [0.1, 0.15) is 5.82 Å². The minimum absolute atomic E-state index is 0.261. The molecular formula is C20H18FN3OS. The van der Waals surface area contributed by atoms with Crippen molar-refractivity contribution < 1.29 is 9.18 Å². The Morgan fingerprint density at radius 2 is 1.73 bits per heavy atom. The molecule has 1 amide bonds. The molecule has 0 aliphatic carbocycles. The van der Waals surface area contributed by atoms with Crippen LogP contribution in [0.2, 0.25) is 0 Å². The summed E-state index contributed by atoms with van der Waals surface area (Å²) in [4.78, 5) is 19.2. The van der Waals surface area contributed by atoms with Crippen molar-refractivity contribution in [2.24, 2.45) is 0 Å². The minimum Gasteiger partial charge on any atom is -0.348 e. The highest BCUT2D eigenvalue weighted by atomic mass is 32.1. The summed E-state index contributed by atoms with van der Waals surface area (Å²) in [6, 6.07) is 13.1.